The highest BCUT2D eigenvalue weighted by molar-refractivity contribution is 7.99. The van der Waals surface area contributed by atoms with Crippen molar-refractivity contribution in [3.05, 3.63) is 64.4 Å². The number of benzene rings is 2. The largest absolute Gasteiger partial charge is 0.486 e. The normalized spacial score (nSPS) is 10.8. The van der Waals surface area contributed by atoms with Gasteiger partial charge in [-0.3, -0.25) is 4.79 Å². The quantitative estimate of drug-likeness (QED) is 0.516. The molecule has 1 heterocycles. The van der Waals surface area contributed by atoms with Gasteiger partial charge in [-0.05, 0) is 56.2 Å². The molecular formula is C21H23ClN4O2S. The van der Waals surface area contributed by atoms with Crippen LogP contribution < -0.4 is 10.1 Å². The maximum Gasteiger partial charge on any atom is 0.234 e. The number of rotatable bonds is 8. The van der Waals surface area contributed by atoms with Gasteiger partial charge in [-0.25, -0.2) is 0 Å². The fraction of sp³-hybridized carbons (Fsp3) is 0.286. The Morgan fingerprint density at radius 1 is 1.17 bits per heavy atom. The molecule has 0 atom stereocenters. The first-order chi connectivity index (χ1) is 14.0. The number of aromatic nitrogens is 3. The summed E-state index contributed by atoms with van der Waals surface area (Å²) >= 11 is 7.41. The fourth-order valence-corrected chi connectivity index (χ4v) is 3.68. The second kappa shape index (κ2) is 9.80. The van der Waals surface area contributed by atoms with Crippen molar-refractivity contribution in [3.8, 4) is 5.75 Å². The van der Waals surface area contributed by atoms with E-state index in [-0.39, 0.29) is 11.7 Å². The number of thioether (sulfide) groups is 1. The van der Waals surface area contributed by atoms with Crippen LogP contribution in [-0.2, 0) is 17.9 Å². The van der Waals surface area contributed by atoms with Gasteiger partial charge in [-0.15, -0.1) is 10.2 Å². The summed E-state index contributed by atoms with van der Waals surface area (Å²) < 4.78 is 7.83. The summed E-state index contributed by atoms with van der Waals surface area (Å²) in [4.78, 5) is 12.2. The minimum atomic E-state index is -0.151. The number of amides is 1. The lowest BCUT2D eigenvalue weighted by atomic mass is 10.1. The lowest BCUT2D eigenvalue weighted by Crippen LogP contribution is -2.15. The van der Waals surface area contributed by atoms with Crippen molar-refractivity contribution in [2.45, 2.75) is 39.1 Å². The van der Waals surface area contributed by atoms with Gasteiger partial charge in [0, 0.05) is 6.54 Å². The van der Waals surface area contributed by atoms with E-state index in [1.807, 2.05) is 41.8 Å². The summed E-state index contributed by atoms with van der Waals surface area (Å²) in [5.41, 5.74) is 3.00. The topological polar surface area (TPSA) is 69.0 Å². The number of carbonyl (C=O) groups excluding carboxylic acids is 1. The highest BCUT2D eigenvalue weighted by Gasteiger charge is 2.14. The molecule has 1 N–H and O–H groups in total. The summed E-state index contributed by atoms with van der Waals surface area (Å²) in [6, 6.07) is 13.1. The molecule has 1 amide bonds. The third-order valence-corrected chi connectivity index (χ3v) is 5.73. The second-order valence-electron chi connectivity index (χ2n) is 6.49. The number of aryl methyl sites for hydroxylation is 2. The van der Waals surface area contributed by atoms with Crippen LogP contribution in [0.3, 0.4) is 0 Å². The lowest BCUT2D eigenvalue weighted by molar-refractivity contribution is -0.113. The fourth-order valence-electron chi connectivity index (χ4n) is 2.68. The number of hydrogen-bond donors (Lipinski definition) is 1. The summed E-state index contributed by atoms with van der Waals surface area (Å²) in [6.45, 7) is 7.14. The zero-order valence-corrected chi connectivity index (χ0v) is 18.2. The van der Waals surface area contributed by atoms with E-state index in [2.05, 4.69) is 29.4 Å². The van der Waals surface area contributed by atoms with E-state index in [0.717, 1.165) is 11.6 Å². The van der Waals surface area contributed by atoms with E-state index in [9.17, 15) is 4.79 Å². The van der Waals surface area contributed by atoms with Gasteiger partial charge in [-0.1, -0.05) is 41.6 Å². The first-order valence-electron chi connectivity index (χ1n) is 9.27. The van der Waals surface area contributed by atoms with Crippen LogP contribution in [-0.4, -0.2) is 26.4 Å². The van der Waals surface area contributed by atoms with Crippen molar-refractivity contribution in [1.82, 2.24) is 14.8 Å². The van der Waals surface area contributed by atoms with Gasteiger partial charge < -0.3 is 14.6 Å². The molecule has 0 aliphatic carbocycles. The van der Waals surface area contributed by atoms with Crippen LogP contribution in [0.15, 0.2) is 47.6 Å². The maximum absolute atomic E-state index is 12.2. The number of ether oxygens (including phenoxy) is 1. The van der Waals surface area contributed by atoms with Gasteiger partial charge in [0.1, 0.15) is 12.4 Å². The number of para-hydroxylation sites is 1. The number of nitrogens with one attached hydrogen (secondary N) is 1. The molecule has 152 valence electrons. The summed E-state index contributed by atoms with van der Waals surface area (Å²) in [6.07, 6.45) is 0. The average Bonchev–Trinajstić information content (AvgIpc) is 3.11. The molecule has 0 saturated carbocycles. The third kappa shape index (κ3) is 5.52. The predicted molar refractivity (Wildman–Crippen MR) is 117 cm³/mol. The molecule has 3 aromatic rings. The van der Waals surface area contributed by atoms with Gasteiger partial charge >= 0.3 is 0 Å². The monoisotopic (exact) mass is 430 g/mol. The van der Waals surface area contributed by atoms with Crippen LogP contribution in [0, 0.1) is 13.8 Å². The standard InChI is InChI=1S/C21H23ClN4O2S/c1-4-26-19(12-28-16-10-9-14(2)15(3)11-16)24-25-21(26)29-13-20(27)23-18-8-6-5-7-17(18)22/h5-11H,4,12-13H2,1-3H3,(H,23,27). The smallest absolute Gasteiger partial charge is 0.234 e. The average molecular weight is 431 g/mol. The zero-order chi connectivity index (χ0) is 20.8. The molecule has 29 heavy (non-hydrogen) atoms. The van der Waals surface area contributed by atoms with Gasteiger partial charge in [-0.2, -0.15) is 0 Å². The molecule has 0 unspecified atom stereocenters. The molecule has 0 spiro atoms. The number of halogens is 1. The van der Waals surface area contributed by atoms with E-state index in [0.29, 0.717) is 29.0 Å². The van der Waals surface area contributed by atoms with E-state index in [1.54, 1.807) is 12.1 Å². The second-order valence-corrected chi connectivity index (χ2v) is 7.84. The third-order valence-electron chi connectivity index (χ3n) is 4.44. The minimum Gasteiger partial charge on any atom is -0.486 e. The van der Waals surface area contributed by atoms with Crippen molar-refractivity contribution in [2.24, 2.45) is 0 Å². The van der Waals surface area contributed by atoms with Crippen LogP contribution >= 0.6 is 23.4 Å². The Labute approximate surface area is 179 Å². The Morgan fingerprint density at radius 3 is 2.69 bits per heavy atom. The number of anilines is 1. The molecular weight excluding hydrogens is 408 g/mol. The number of carbonyl (C=O) groups is 1. The summed E-state index contributed by atoms with van der Waals surface area (Å²) in [5.74, 6) is 1.58. The van der Waals surface area contributed by atoms with E-state index >= 15 is 0 Å². The van der Waals surface area contributed by atoms with Gasteiger partial charge in [0.25, 0.3) is 0 Å². The van der Waals surface area contributed by atoms with Crippen LogP contribution in [0.25, 0.3) is 0 Å². The number of hydrogen-bond acceptors (Lipinski definition) is 5. The molecule has 0 saturated heterocycles. The Balaban J connectivity index is 1.59. The van der Waals surface area contributed by atoms with Crippen LogP contribution in [0.4, 0.5) is 5.69 Å². The van der Waals surface area contributed by atoms with Crippen molar-refractivity contribution in [2.75, 3.05) is 11.1 Å². The maximum atomic E-state index is 12.2. The molecule has 2 aromatic carbocycles. The minimum absolute atomic E-state index is 0.151. The molecule has 0 bridgehead atoms. The van der Waals surface area contributed by atoms with Crippen LogP contribution in [0.1, 0.15) is 23.9 Å². The molecule has 0 radical (unpaired) electrons. The van der Waals surface area contributed by atoms with E-state index in [4.69, 9.17) is 16.3 Å². The molecule has 0 fully saturated rings. The Morgan fingerprint density at radius 2 is 1.97 bits per heavy atom. The van der Waals surface area contributed by atoms with Crippen molar-refractivity contribution >= 4 is 35.0 Å². The SMILES string of the molecule is CCn1c(COc2ccc(C)c(C)c2)nnc1SCC(=O)Nc1ccccc1Cl. The van der Waals surface area contributed by atoms with E-state index < -0.39 is 0 Å². The van der Waals surface area contributed by atoms with Gasteiger partial charge in [0.2, 0.25) is 5.91 Å². The Bertz CT molecular complexity index is 1010. The predicted octanol–water partition coefficient (Wildman–Crippen LogP) is 4.88. The van der Waals surface area contributed by atoms with Crippen molar-refractivity contribution in [3.63, 3.8) is 0 Å². The molecule has 0 aliphatic heterocycles. The summed E-state index contributed by atoms with van der Waals surface area (Å²) in [5, 5.41) is 12.4. The van der Waals surface area contributed by atoms with Crippen molar-refractivity contribution in [1.29, 1.82) is 0 Å². The van der Waals surface area contributed by atoms with Crippen LogP contribution in [0.2, 0.25) is 5.02 Å². The molecule has 8 heteroatoms. The molecule has 6 nitrogen and oxygen atoms in total. The first-order valence-corrected chi connectivity index (χ1v) is 10.6. The van der Waals surface area contributed by atoms with Gasteiger partial charge in [0.15, 0.2) is 11.0 Å². The highest BCUT2D eigenvalue weighted by Crippen LogP contribution is 2.23. The van der Waals surface area contributed by atoms with Crippen molar-refractivity contribution < 1.29 is 9.53 Å². The Hall–Kier alpha value is -2.51. The molecule has 1 aromatic heterocycles. The van der Waals surface area contributed by atoms with Crippen LogP contribution in [0.5, 0.6) is 5.75 Å². The van der Waals surface area contributed by atoms with Gasteiger partial charge in [0.05, 0.1) is 16.5 Å². The highest BCUT2D eigenvalue weighted by atomic mass is 35.5. The zero-order valence-electron chi connectivity index (χ0n) is 16.6. The van der Waals surface area contributed by atoms with E-state index in [1.165, 1.54) is 22.9 Å². The molecule has 0 aliphatic rings. The number of nitrogens with zero attached hydrogens (tertiary/aromatic N) is 3. The lowest BCUT2D eigenvalue weighted by Gasteiger charge is -2.10. The Kier molecular flexibility index (Phi) is 7.17. The molecule has 3 rings (SSSR count). The first kappa shape index (κ1) is 21.2. The summed E-state index contributed by atoms with van der Waals surface area (Å²) in [7, 11) is 0.